The second kappa shape index (κ2) is 9.48. The maximum absolute atomic E-state index is 12.4. The van der Waals surface area contributed by atoms with Crippen molar-refractivity contribution in [3.63, 3.8) is 0 Å². The summed E-state index contributed by atoms with van der Waals surface area (Å²) in [5, 5.41) is 4.10. The van der Waals surface area contributed by atoms with Gasteiger partial charge in [-0.05, 0) is 50.5 Å². The summed E-state index contributed by atoms with van der Waals surface area (Å²) in [4.78, 5) is 14.6. The molecule has 2 atom stereocenters. The number of amides is 1. The lowest BCUT2D eigenvalue weighted by Crippen LogP contribution is -2.41. The van der Waals surface area contributed by atoms with Crippen LogP contribution < -0.4 is 21.2 Å². The number of nitrogens with one attached hydrogen (secondary N) is 3. The van der Waals surface area contributed by atoms with Crippen LogP contribution in [0.25, 0.3) is 0 Å². The summed E-state index contributed by atoms with van der Waals surface area (Å²) in [5.74, 6) is -0.141. The Morgan fingerprint density at radius 2 is 1.79 bits per heavy atom. The molecule has 2 unspecified atom stereocenters. The lowest BCUT2D eigenvalue weighted by Gasteiger charge is -2.20. The molecule has 3 rings (SSSR count). The third kappa shape index (κ3) is 4.97. The molecule has 1 aliphatic heterocycles. The van der Waals surface area contributed by atoms with Crippen LogP contribution in [0.3, 0.4) is 0 Å². The van der Waals surface area contributed by atoms with E-state index < -0.39 is 0 Å². The average Bonchev–Trinajstić information content (AvgIpc) is 3.21. The summed E-state index contributed by atoms with van der Waals surface area (Å²) in [6.07, 6.45) is 2.35. The highest BCUT2D eigenvalue weighted by atomic mass is 16.2. The van der Waals surface area contributed by atoms with Crippen LogP contribution in [0, 0.1) is 6.92 Å². The Morgan fingerprint density at radius 1 is 1.11 bits per heavy atom. The van der Waals surface area contributed by atoms with Crippen molar-refractivity contribution in [3.8, 4) is 0 Å². The Morgan fingerprint density at radius 3 is 2.43 bits per heavy atom. The van der Waals surface area contributed by atoms with Gasteiger partial charge in [-0.2, -0.15) is 5.10 Å². The molecule has 1 heterocycles. The molecule has 0 radical (unpaired) electrons. The molecule has 2 aromatic carbocycles. The maximum Gasteiger partial charge on any atom is 0.258 e. The van der Waals surface area contributed by atoms with Crippen molar-refractivity contribution in [2.75, 3.05) is 18.0 Å². The summed E-state index contributed by atoms with van der Waals surface area (Å²) in [7, 11) is 0. The van der Waals surface area contributed by atoms with Gasteiger partial charge in [0.05, 0.1) is 6.21 Å². The fourth-order valence-corrected chi connectivity index (χ4v) is 3.35. The minimum absolute atomic E-state index is 0.118. The van der Waals surface area contributed by atoms with Crippen LogP contribution in [0.1, 0.15) is 43.0 Å². The molecule has 6 nitrogen and oxygen atoms in total. The highest BCUT2D eigenvalue weighted by molar-refractivity contribution is 5.85. The number of carbonyl (C=O) groups excluding carboxylic acids is 1. The zero-order chi connectivity index (χ0) is 19.9. The van der Waals surface area contributed by atoms with Gasteiger partial charge in [0.25, 0.3) is 5.91 Å². The molecule has 1 aliphatic rings. The van der Waals surface area contributed by atoms with E-state index >= 15 is 0 Å². The number of aryl methyl sites for hydroxylation is 1. The first kappa shape index (κ1) is 20.0. The molecule has 0 aliphatic carbocycles. The van der Waals surface area contributed by atoms with Crippen molar-refractivity contribution in [3.05, 3.63) is 65.2 Å². The van der Waals surface area contributed by atoms with Gasteiger partial charge >= 0.3 is 0 Å². The lowest BCUT2D eigenvalue weighted by molar-refractivity contribution is -0.122. The van der Waals surface area contributed by atoms with Crippen molar-refractivity contribution in [2.24, 2.45) is 5.10 Å². The van der Waals surface area contributed by atoms with Gasteiger partial charge in [-0.25, -0.2) is 16.3 Å². The standard InChI is InChI=1S/C22H29N5O/c1-4-27(5-2)19-12-8-17(9-13-19)15-23-26-22(28)21-14-20(24-25-21)18-10-6-16(3)7-11-18/h6-13,15,20-21,24-25H,4-5,14H2,1-3H3,(H,26,28)/b23-15+. The first-order valence-corrected chi connectivity index (χ1v) is 9.86. The molecule has 28 heavy (non-hydrogen) atoms. The molecular formula is C22H29N5O. The Bertz CT molecular complexity index is 797. The summed E-state index contributed by atoms with van der Waals surface area (Å²) >= 11 is 0. The number of hydrazine groups is 1. The van der Waals surface area contributed by atoms with Gasteiger partial charge in [0.15, 0.2) is 0 Å². The van der Waals surface area contributed by atoms with Gasteiger partial charge in [-0.1, -0.05) is 42.0 Å². The van der Waals surface area contributed by atoms with E-state index in [1.807, 2.05) is 12.1 Å². The molecule has 6 heteroatoms. The predicted octanol–water partition coefficient (Wildman–Crippen LogP) is 2.90. The third-order valence-corrected chi connectivity index (χ3v) is 5.11. The first-order chi connectivity index (χ1) is 13.6. The van der Waals surface area contributed by atoms with Gasteiger partial charge in [-0.3, -0.25) is 4.79 Å². The molecule has 2 aromatic rings. The summed E-state index contributed by atoms with van der Waals surface area (Å²) in [6.45, 7) is 8.31. The molecule has 1 saturated heterocycles. The second-order valence-corrected chi connectivity index (χ2v) is 7.04. The van der Waals surface area contributed by atoms with E-state index in [-0.39, 0.29) is 18.0 Å². The summed E-state index contributed by atoms with van der Waals surface area (Å²) in [6, 6.07) is 16.3. The minimum atomic E-state index is -0.312. The van der Waals surface area contributed by atoms with E-state index in [1.165, 1.54) is 16.8 Å². The number of carbonyl (C=O) groups is 1. The van der Waals surface area contributed by atoms with Crippen LogP contribution in [-0.4, -0.2) is 31.3 Å². The average molecular weight is 380 g/mol. The predicted molar refractivity (Wildman–Crippen MR) is 114 cm³/mol. The number of anilines is 1. The molecule has 3 N–H and O–H groups in total. The van der Waals surface area contributed by atoms with E-state index in [2.05, 4.69) is 83.4 Å². The maximum atomic E-state index is 12.4. The molecular weight excluding hydrogens is 350 g/mol. The number of nitrogens with zero attached hydrogens (tertiary/aromatic N) is 2. The third-order valence-electron chi connectivity index (χ3n) is 5.11. The van der Waals surface area contributed by atoms with Gasteiger partial charge in [-0.15, -0.1) is 0 Å². The number of hydrogen-bond donors (Lipinski definition) is 3. The van der Waals surface area contributed by atoms with Gasteiger partial charge in [0.1, 0.15) is 6.04 Å². The Hall–Kier alpha value is -2.70. The van der Waals surface area contributed by atoms with Crippen molar-refractivity contribution in [1.82, 2.24) is 16.3 Å². The van der Waals surface area contributed by atoms with Crippen LogP contribution >= 0.6 is 0 Å². The zero-order valence-corrected chi connectivity index (χ0v) is 16.8. The van der Waals surface area contributed by atoms with Gasteiger partial charge in [0.2, 0.25) is 0 Å². The van der Waals surface area contributed by atoms with E-state index in [4.69, 9.17) is 0 Å². The SMILES string of the molecule is CCN(CC)c1ccc(/C=N/NC(=O)C2CC(c3ccc(C)cc3)NN2)cc1. The molecule has 0 bridgehead atoms. The Balaban J connectivity index is 1.50. The fourth-order valence-electron chi connectivity index (χ4n) is 3.35. The number of rotatable bonds is 7. The largest absolute Gasteiger partial charge is 0.372 e. The summed E-state index contributed by atoms with van der Waals surface area (Å²) in [5.41, 5.74) is 13.4. The molecule has 148 valence electrons. The topological polar surface area (TPSA) is 68.8 Å². The Labute approximate surface area is 167 Å². The monoisotopic (exact) mass is 379 g/mol. The normalized spacial score (nSPS) is 19.1. The molecule has 0 saturated carbocycles. The van der Waals surface area contributed by atoms with Crippen LogP contribution in [-0.2, 0) is 4.79 Å². The van der Waals surface area contributed by atoms with Crippen molar-refractivity contribution in [1.29, 1.82) is 0 Å². The zero-order valence-electron chi connectivity index (χ0n) is 16.8. The second-order valence-electron chi connectivity index (χ2n) is 7.04. The fraction of sp³-hybridized carbons (Fsp3) is 0.364. The number of hydrazone groups is 1. The van der Waals surface area contributed by atoms with Crippen molar-refractivity contribution < 1.29 is 4.79 Å². The quantitative estimate of drug-likeness (QED) is 0.511. The minimum Gasteiger partial charge on any atom is -0.372 e. The Kier molecular flexibility index (Phi) is 6.79. The number of hydrogen-bond acceptors (Lipinski definition) is 5. The lowest BCUT2D eigenvalue weighted by atomic mass is 10.0. The van der Waals surface area contributed by atoms with Crippen LogP contribution in [0.15, 0.2) is 53.6 Å². The number of benzene rings is 2. The molecule has 1 amide bonds. The van der Waals surface area contributed by atoms with Crippen molar-refractivity contribution in [2.45, 2.75) is 39.3 Å². The smallest absolute Gasteiger partial charge is 0.258 e. The summed E-state index contributed by atoms with van der Waals surface area (Å²) < 4.78 is 0. The van der Waals surface area contributed by atoms with Crippen LogP contribution in [0.2, 0.25) is 0 Å². The highest BCUT2D eigenvalue weighted by Gasteiger charge is 2.29. The molecule has 0 aromatic heterocycles. The van der Waals surface area contributed by atoms with Gasteiger partial charge < -0.3 is 4.90 Å². The van der Waals surface area contributed by atoms with Gasteiger partial charge in [0, 0.05) is 24.8 Å². The van der Waals surface area contributed by atoms with E-state index in [9.17, 15) is 4.79 Å². The van der Waals surface area contributed by atoms with E-state index in [0.717, 1.165) is 18.7 Å². The highest BCUT2D eigenvalue weighted by Crippen LogP contribution is 2.22. The van der Waals surface area contributed by atoms with Crippen molar-refractivity contribution >= 4 is 17.8 Å². The molecule has 0 spiro atoms. The first-order valence-electron chi connectivity index (χ1n) is 9.86. The van der Waals surface area contributed by atoms with E-state index in [1.54, 1.807) is 6.21 Å². The van der Waals surface area contributed by atoms with Crippen LogP contribution in [0.4, 0.5) is 5.69 Å². The van der Waals surface area contributed by atoms with Crippen LogP contribution in [0.5, 0.6) is 0 Å². The van der Waals surface area contributed by atoms with E-state index in [0.29, 0.717) is 6.42 Å². The molecule has 1 fully saturated rings.